The summed E-state index contributed by atoms with van der Waals surface area (Å²) in [7, 11) is 2.13. The van der Waals surface area contributed by atoms with Gasteiger partial charge in [0.1, 0.15) is 5.84 Å². The lowest BCUT2D eigenvalue weighted by molar-refractivity contribution is 0.424. The molecule has 0 aliphatic rings. The molecule has 2 aromatic carbocycles. The number of nitrogens with zero attached hydrogens (tertiary/aromatic N) is 2. The molecule has 0 aliphatic heterocycles. The molecule has 0 bridgehead atoms. The fourth-order valence-electron chi connectivity index (χ4n) is 3.38. The summed E-state index contributed by atoms with van der Waals surface area (Å²) in [6.45, 7) is 10.4. The second kappa shape index (κ2) is 10.5. The van der Waals surface area contributed by atoms with Crippen LogP contribution in [-0.4, -0.2) is 17.8 Å². The molecule has 0 fully saturated rings. The summed E-state index contributed by atoms with van der Waals surface area (Å²) in [5, 5.41) is 0. The number of hydrogen-bond acceptors (Lipinski definition) is 1. The van der Waals surface area contributed by atoms with Crippen molar-refractivity contribution in [1.29, 1.82) is 0 Å². The molecule has 0 amide bonds. The van der Waals surface area contributed by atoms with Gasteiger partial charge in [-0.25, -0.2) is 4.99 Å². The lowest BCUT2D eigenvalue weighted by Gasteiger charge is -2.31. The molecule has 142 valence electrons. The maximum Gasteiger partial charge on any atom is 0.102 e. The summed E-state index contributed by atoms with van der Waals surface area (Å²) >= 11 is 0. The molecule has 0 saturated carbocycles. The molecule has 2 nitrogen and oxygen atoms in total. The number of allylic oxidation sites excluding steroid dienone is 3. The Kier molecular flexibility index (Phi) is 8.06. The van der Waals surface area contributed by atoms with Gasteiger partial charge in [0.15, 0.2) is 0 Å². The Bertz CT molecular complexity index is 733. The van der Waals surface area contributed by atoms with E-state index in [1.54, 1.807) is 0 Å². The Hall–Kier alpha value is -2.61. The van der Waals surface area contributed by atoms with Gasteiger partial charge >= 0.3 is 0 Å². The lowest BCUT2D eigenvalue weighted by Crippen LogP contribution is -2.30. The molecule has 0 aromatic heterocycles. The van der Waals surface area contributed by atoms with Gasteiger partial charge in [0.05, 0.1) is 6.04 Å². The van der Waals surface area contributed by atoms with Crippen molar-refractivity contribution < 1.29 is 0 Å². The molecule has 0 spiro atoms. The van der Waals surface area contributed by atoms with Crippen LogP contribution >= 0.6 is 0 Å². The standard InChI is InChI=1S/C25H32N2/c1-6-15-21(7-2)24(8-3)26-20(4)27(5)25(22-16-11-9-12-17-22)23-18-13-10-14-19-23/h7,9-14,16-19,25H,2,6,8,15H2,1,3-5H3/b24-21+,26-20?. The lowest BCUT2D eigenvalue weighted by atomic mass is 9.97. The van der Waals surface area contributed by atoms with Gasteiger partial charge in [0.25, 0.3) is 0 Å². The van der Waals surface area contributed by atoms with Crippen LogP contribution in [0.25, 0.3) is 0 Å². The van der Waals surface area contributed by atoms with E-state index in [2.05, 4.69) is 100.0 Å². The third kappa shape index (κ3) is 5.43. The topological polar surface area (TPSA) is 15.6 Å². The molecule has 0 N–H and O–H groups in total. The van der Waals surface area contributed by atoms with Crippen molar-refractivity contribution in [3.8, 4) is 0 Å². The van der Waals surface area contributed by atoms with Crippen LogP contribution in [0.4, 0.5) is 0 Å². The highest BCUT2D eigenvalue weighted by Crippen LogP contribution is 2.28. The van der Waals surface area contributed by atoms with Crippen LogP contribution in [0, 0.1) is 0 Å². The number of aliphatic imine (C=N–C) groups is 1. The summed E-state index contributed by atoms with van der Waals surface area (Å²) in [5.41, 5.74) is 4.92. The Morgan fingerprint density at radius 2 is 1.52 bits per heavy atom. The molecule has 0 atom stereocenters. The third-order valence-electron chi connectivity index (χ3n) is 4.90. The van der Waals surface area contributed by atoms with E-state index >= 15 is 0 Å². The van der Waals surface area contributed by atoms with Gasteiger partial charge in [-0.15, -0.1) is 0 Å². The molecule has 2 heteroatoms. The molecule has 0 saturated heterocycles. The van der Waals surface area contributed by atoms with Crippen molar-refractivity contribution in [1.82, 2.24) is 4.90 Å². The maximum absolute atomic E-state index is 5.01. The predicted molar refractivity (Wildman–Crippen MR) is 118 cm³/mol. The zero-order valence-corrected chi connectivity index (χ0v) is 17.2. The van der Waals surface area contributed by atoms with Crippen molar-refractivity contribution in [2.45, 2.75) is 46.1 Å². The Morgan fingerprint density at radius 1 is 1.00 bits per heavy atom. The predicted octanol–water partition coefficient (Wildman–Crippen LogP) is 6.78. The van der Waals surface area contributed by atoms with Crippen molar-refractivity contribution in [2.24, 2.45) is 4.99 Å². The van der Waals surface area contributed by atoms with Crippen molar-refractivity contribution >= 4 is 5.84 Å². The Morgan fingerprint density at radius 3 is 1.93 bits per heavy atom. The van der Waals surface area contributed by atoms with Gasteiger partial charge in [0, 0.05) is 12.7 Å². The fourth-order valence-corrected chi connectivity index (χ4v) is 3.38. The highest BCUT2D eigenvalue weighted by atomic mass is 15.2. The van der Waals surface area contributed by atoms with Crippen LogP contribution < -0.4 is 0 Å². The van der Waals surface area contributed by atoms with Gasteiger partial charge in [-0.05, 0) is 36.5 Å². The molecular weight excluding hydrogens is 328 g/mol. The number of amidine groups is 1. The van der Waals surface area contributed by atoms with E-state index in [4.69, 9.17) is 4.99 Å². The van der Waals surface area contributed by atoms with Crippen LogP contribution in [0.1, 0.15) is 57.2 Å². The fraction of sp³-hybridized carbons (Fsp3) is 0.320. The van der Waals surface area contributed by atoms with E-state index in [0.717, 1.165) is 30.8 Å². The van der Waals surface area contributed by atoms with E-state index in [1.807, 2.05) is 6.08 Å². The highest BCUT2D eigenvalue weighted by molar-refractivity contribution is 5.81. The first-order valence-corrected chi connectivity index (χ1v) is 9.84. The summed E-state index contributed by atoms with van der Waals surface area (Å²) in [4.78, 5) is 7.28. The zero-order chi connectivity index (χ0) is 19.6. The molecule has 27 heavy (non-hydrogen) atoms. The zero-order valence-electron chi connectivity index (χ0n) is 17.2. The van der Waals surface area contributed by atoms with E-state index in [-0.39, 0.29) is 6.04 Å². The van der Waals surface area contributed by atoms with Crippen molar-refractivity contribution in [2.75, 3.05) is 7.05 Å². The van der Waals surface area contributed by atoms with Gasteiger partial charge < -0.3 is 4.90 Å². The second-order valence-corrected chi connectivity index (χ2v) is 6.77. The first-order chi connectivity index (χ1) is 13.1. The molecule has 0 aliphatic carbocycles. The molecular formula is C25H32N2. The van der Waals surface area contributed by atoms with E-state index in [9.17, 15) is 0 Å². The van der Waals surface area contributed by atoms with Crippen LogP contribution in [0.15, 0.2) is 89.6 Å². The van der Waals surface area contributed by atoms with Crippen molar-refractivity contribution in [3.63, 3.8) is 0 Å². The molecule has 0 unspecified atom stereocenters. The summed E-state index contributed by atoms with van der Waals surface area (Å²) in [6, 6.07) is 21.4. The summed E-state index contributed by atoms with van der Waals surface area (Å²) < 4.78 is 0. The van der Waals surface area contributed by atoms with E-state index in [0.29, 0.717) is 0 Å². The first kappa shape index (κ1) is 20.7. The molecule has 0 radical (unpaired) electrons. The van der Waals surface area contributed by atoms with Crippen LogP contribution in [0.2, 0.25) is 0 Å². The normalized spacial score (nSPS) is 12.7. The van der Waals surface area contributed by atoms with Gasteiger partial charge in [-0.1, -0.05) is 93.6 Å². The third-order valence-corrected chi connectivity index (χ3v) is 4.90. The van der Waals surface area contributed by atoms with Gasteiger partial charge in [-0.2, -0.15) is 0 Å². The largest absolute Gasteiger partial charge is 0.352 e. The van der Waals surface area contributed by atoms with Gasteiger partial charge in [0.2, 0.25) is 0 Å². The number of hydrogen-bond donors (Lipinski definition) is 0. The van der Waals surface area contributed by atoms with Crippen LogP contribution in [0.5, 0.6) is 0 Å². The highest BCUT2D eigenvalue weighted by Gasteiger charge is 2.20. The van der Waals surface area contributed by atoms with E-state index < -0.39 is 0 Å². The van der Waals surface area contributed by atoms with Crippen LogP contribution in [-0.2, 0) is 0 Å². The quantitative estimate of drug-likeness (QED) is 0.288. The number of rotatable bonds is 8. The monoisotopic (exact) mass is 360 g/mol. The molecule has 2 aromatic rings. The van der Waals surface area contributed by atoms with E-state index in [1.165, 1.54) is 16.7 Å². The minimum atomic E-state index is 0.132. The average Bonchev–Trinajstić information content (AvgIpc) is 2.72. The Balaban J connectivity index is 2.45. The summed E-state index contributed by atoms with van der Waals surface area (Å²) in [5.74, 6) is 1.01. The molecule has 2 rings (SSSR count). The average molecular weight is 361 g/mol. The Labute approximate surface area is 165 Å². The first-order valence-electron chi connectivity index (χ1n) is 9.84. The van der Waals surface area contributed by atoms with Crippen LogP contribution in [0.3, 0.4) is 0 Å². The molecule has 0 heterocycles. The SMILES string of the molecule is C=C/C(CCC)=C(/CC)N=C(C)N(C)C(c1ccccc1)c1ccccc1. The summed E-state index contributed by atoms with van der Waals surface area (Å²) in [6.07, 6.45) is 5.00. The maximum atomic E-state index is 5.01. The minimum Gasteiger partial charge on any atom is -0.352 e. The smallest absolute Gasteiger partial charge is 0.102 e. The van der Waals surface area contributed by atoms with Crippen molar-refractivity contribution in [3.05, 3.63) is 95.7 Å². The second-order valence-electron chi connectivity index (χ2n) is 6.77. The van der Waals surface area contributed by atoms with Gasteiger partial charge in [-0.3, -0.25) is 0 Å². The minimum absolute atomic E-state index is 0.132. The number of benzene rings is 2.